The van der Waals surface area contributed by atoms with Crippen LogP contribution in [-0.4, -0.2) is 23.3 Å². The molecule has 0 radical (unpaired) electrons. The molecule has 4 aromatic rings. The van der Waals surface area contributed by atoms with Gasteiger partial charge in [0.15, 0.2) is 0 Å². The minimum atomic E-state index is -0.216. The van der Waals surface area contributed by atoms with Gasteiger partial charge in [0.2, 0.25) is 0 Å². The zero-order valence-electron chi connectivity index (χ0n) is 16.5. The molecular formula is C24H19N3O2S2. The van der Waals surface area contributed by atoms with Crippen molar-refractivity contribution in [3.05, 3.63) is 93.8 Å². The van der Waals surface area contributed by atoms with E-state index in [-0.39, 0.29) is 17.7 Å². The number of hydrogen-bond donors (Lipinski definition) is 2. The van der Waals surface area contributed by atoms with Crippen LogP contribution in [0.3, 0.4) is 0 Å². The summed E-state index contributed by atoms with van der Waals surface area (Å²) >= 11 is 3.08. The minimum Gasteiger partial charge on any atom is -0.351 e. The molecule has 0 aliphatic carbocycles. The third kappa shape index (κ3) is 4.15. The Kier molecular flexibility index (Phi) is 5.36. The van der Waals surface area contributed by atoms with Gasteiger partial charge in [0, 0.05) is 29.1 Å². The van der Waals surface area contributed by atoms with Crippen LogP contribution in [0.5, 0.6) is 0 Å². The Balaban J connectivity index is 1.30. The number of benzene rings is 2. The second-order valence-corrected chi connectivity index (χ2v) is 9.17. The first-order valence-electron chi connectivity index (χ1n) is 9.94. The lowest BCUT2D eigenvalue weighted by atomic mass is 9.86. The van der Waals surface area contributed by atoms with Gasteiger partial charge in [-0.25, -0.2) is 4.98 Å². The van der Waals surface area contributed by atoms with Crippen LogP contribution in [0.25, 0.3) is 9.88 Å². The van der Waals surface area contributed by atoms with E-state index < -0.39 is 0 Å². The molecule has 2 N–H and O–H groups in total. The fourth-order valence-electron chi connectivity index (χ4n) is 3.81. The van der Waals surface area contributed by atoms with E-state index in [0.29, 0.717) is 12.2 Å². The van der Waals surface area contributed by atoms with E-state index in [1.54, 1.807) is 16.7 Å². The van der Waals surface area contributed by atoms with Crippen molar-refractivity contribution in [2.24, 2.45) is 0 Å². The van der Waals surface area contributed by atoms with Gasteiger partial charge >= 0.3 is 0 Å². The third-order valence-electron chi connectivity index (χ3n) is 5.29. The van der Waals surface area contributed by atoms with Gasteiger partial charge < -0.3 is 10.6 Å². The van der Waals surface area contributed by atoms with Gasteiger partial charge in [-0.15, -0.1) is 22.7 Å². The van der Waals surface area contributed by atoms with E-state index in [2.05, 4.69) is 15.6 Å². The van der Waals surface area contributed by atoms with Crippen molar-refractivity contribution in [2.75, 3.05) is 11.9 Å². The maximum Gasteiger partial charge on any atom is 0.275 e. The summed E-state index contributed by atoms with van der Waals surface area (Å²) in [6, 6.07) is 19.6. The van der Waals surface area contributed by atoms with Gasteiger partial charge in [0.1, 0.15) is 10.7 Å². The van der Waals surface area contributed by atoms with Crippen molar-refractivity contribution in [3.63, 3.8) is 0 Å². The van der Waals surface area contributed by atoms with E-state index in [9.17, 15) is 9.59 Å². The lowest BCUT2D eigenvalue weighted by molar-refractivity contribution is 0.0939. The molecule has 2 amide bonds. The van der Waals surface area contributed by atoms with Gasteiger partial charge in [0.25, 0.3) is 11.8 Å². The molecule has 3 heterocycles. The molecule has 7 heteroatoms. The molecule has 1 atom stereocenters. The number of anilines is 1. The van der Waals surface area contributed by atoms with Gasteiger partial charge in [-0.2, -0.15) is 0 Å². The monoisotopic (exact) mass is 445 g/mol. The summed E-state index contributed by atoms with van der Waals surface area (Å²) in [4.78, 5) is 30.3. The summed E-state index contributed by atoms with van der Waals surface area (Å²) in [6.45, 7) is 0.608. The zero-order valence-corrected chi connectivity index (χ0v) is 18.1. The highest BCUT2D eigenvalue weighted by Crippen LogP contribution is 2.29. The fraction of sp³-hybridized carbons (Fsp3) is 0.125. The fourth-order valence-corrected chi connectivity index (χ4v) is 5.42. The van der Waals surface area contributed by atoms with Gasteiger partial charge in [-0.1, -0.05) is 36.4 Å². The van der Waals surface area contributed by atoms with Crippen molar-refractivity contribution < 1.29 is 9.59 Å². The topological polar surface area (TPSA) is 71.1 Å². The number of hydrogen-bond acceptors (Lipinski definition) is 5. The van der Waals surface area contributed by atoms with Crippen LogP contribution in [0.15, 0.2) is 71.4 Å². The molecule has 2 aromatic heterocycles. The van der Waals surface area contributed by atoms with Crippen molar-refractivity contribution in [1.29, 1.82) is 0 Å². The molecule has 5 nitrogen and oxygen atoms in total. The summed E-state index contributed by atoms with van der Waals surface area (Å²) in [5.41, 5.74) is 4.08. The van der Waals surface area contributed by atoms with E-state index in [4.69, 9.17) is 0 Å². The molecule has 5 rings (SSSR count). The zero-order chi connectivity index (χ0) is 21.2. The second-order valence-electron chi connectivity index (χ2n) is 7.37. The van der Waals surface area contributed by atoms with Crippen LogP contribution in [0.4, 0.5) is 5.69 Å². The highest BCUT2D eigenvalue weighted by atomic mass is 32.1. The lowest BCUT2D eigenvalue weighted by Gasteiger charge is -2.26. The number of carbonyl (C=O) groups excluding carboxylic acids is 2. The van der Waals surface area contributed by atoms with E-state index >= 15 is 0 Å². The Morgan fingerprint density at radius 3 is 2.87 bits per heavy atom. The van der Waals surface area contributed by atoms with Crippen LogP contribution in [0, 0.1) is 0 Å². The Hall–Kier alpha value is -3.29. The number of thiazole rings is 1. The van der Waals surface area contributed by atoms with Gasteiger partial charge in [0.05, 0.1) is 4.88 Å². The highest BCUT2D eigenvalue weighted by Gasteiger charge is 2.25. The van der Waals surface area contributed by atoms with Crippen LogP contribution >= 0.6 is 22.7 Å². The SMILES string of the molecule is O=C(Nc1cccc(CC2CNC(=O)c3ccccc32)c1)c1csc(-c2cccs2)n1. The molecule has 154 valence electrons. The summed E-state index contributed by atoms with van der Waals surface area (Å²) in [5, 5.41) is 10.6. The Labute approximate surface area is 187 Å². The molecular weight excluding hydrogens is 426 g/mol. The first kappa shape index (κ1) is 19.7. The summed E-state index contributed by atoms with van der Waals surface area (Å²) in [6.07, 6.45) is 0.778. The maximum absolute atomic E-state index is 12.7. The number of nitrogens with one attached hydrogen (secondary N) is 2. The number of carbonyl (C=O) groups is 2. The predicted octanol–water partition coefficient (Wildman–Crippen LogP) is 5.19. The first-order chi connectivity index (χ1) is 15.2. The Morgan fingerprint density at radius 1 is 1.10 bits per heavy atom. The molecule has 1 aliphatic rings. The van der Waals surface area contributed by atoms with E-state index in [1.807, 2.05) is 66.0 Å². The maximum atomic E-state index is 12.7. The van der Waals surface area contributed by atoms with Crippen molar-refractivity contribution in [3.8, 4) is 9.88 Å². The average molecular weight is 446 g/mol. The molecule has 0 fully saturated rings. The number of aromatic nitrogens is 1. The number of rotatable bonds is 5. The summed E-state index contributed by atoms with van der Waals surface area (Å²) < 4.78 is 0. The van der Waals surface area contributed by atoms with Crippen molar-refractivity contribution in [2.45, 2.75) is 12.3 Å². The number of amides is 2. The standard InChI is InChI=1S/C24H19N3O2S2/c28-22-19-8-2-1-7-18(19)16(13-25-22)11-15-5-3-6-17(12-15)26-23(29)20-14-31-24(27-20)21-9-4-10-30-21/h1-10,12,14,16H,11,13H2,(H,25,28)(H,26,29). The number of fused-ring (bicyclic) bond motifs is 1. The first-order valence-corrected chi connectivity index (χ1v) is 11.7. The number of thiophene rings is 1. The third-order valence-corrected chi connectivity index (χ3v) is 7.17. The smallest absolute Gasteiger partial charge is 0.275 e. The lowest BCUT2D eigenvalue weighted by Crippen LogP contribution is -2.35. The van der Waals surface area contributed by atoms with Crippen molar-refractivity contribution >= 4 is 40.2 Å². The minimum absolute atomic E-state index is 0.0157. The number of nitrogens with zero attached hydrogens (tertiary/aromatic N) is 1. The van der Waals surface area contributed by atoms with Crippen molar-refractivity contribution in [1.82, 2.24) is 10.3 Å². The van der Waals surface area contributed by atoms with Crippen LogP contribution in [0.1, 0.15) is 37.9 Å². The molecule has 0 bridgehead atoms. The largest absolute Gasteiger partial charge is 0.351 e. The molecule has 1 aliphatic heterocycles. The normalized spacial score (nSPS) is 15.2. The molecule has 0 spiro atoms. The van der Waals surface area contributed by atoms with Gasteiger partial charge in [-0.05, 0) is 47.2 Å². The molecule has 2 aromatic carbocycles. The second kappa shape index (κ2) is 8.45. The van der Waals surface area contributed by atoms with Crippen LogP contribution in [0.2, 0.25) is 0 Å². The average Bonchev–Trinajstić information content (AvgIpc) is 3.48. The van der Waals surface area contributed by atoms with Crippen LogP contribution < -0.4 is 10.6 Å². The predicted molar refractivity (Wildman–Crippen MR) is 125 cm³/mol. The highest BCUT2D eigenvalue weighted by molar-refractivity contribution is 7.20. The molecule has 0 saturated heterocycles. The summed E-state index contributed by atoms with van der Waals surface area (Å²) in [5.74, 6) is -0.0312. The quantitative estimate of drug-likeness (QED) is 0.444. The van der Waals surface area contributed by atoms with E-state index in [0.717, 1.165) is 38.7 Å². The Morgan fingerprint density at radius 2 is 2.00 bits per heavy atom. The molecule has 0 saturated carbocycles. The molecule has 31 heavy (non-hydrogen) atoms. The van der Waals surface area contributed by atoms with E-state index in [1.165, 1.54) is 11.3 Å². The van der Waals surface area contributed by atoms with Crippen LogP contribution in [-0.2, 0) is 6.42 Å². The Bertz CT molecular complexity index is 1250. The molecule has 1 unspecified atom stereocenters. The van der Waals surface area contributed by atoms with Gasteiger partial charge in [-0.3, -0.25) is 9.59 Å². The summed E-state index contributed by atoms with van der Waals surface area (Å²) in [7, 11) is 0.